The van der Waals surface area contributed by atoms with E-state index in [2.05, 4.69) is 24.2 Å². The Bertz CT molecular complexity index is 582. The molecule has 2 unspecified atom stereocenters. The molecule has 1 aromatic heterocycles. The van der Waals surface area contributed by atoms with E-state index in [0.29, 0.717) is 0 Å². The lowest BCUT2D eigenvalue weighted by Gasteiger charge is -2.23. The molecule has 2 aromatic rings. The zero-order valence-corrected chi connectivity index (χ0v) is 13.6. The summed E-state index contributed by atoms with van der Waals surface area (Å²) in [6.07, 6.45) is 0.918. The zero-order chi connectivity index (χ0) is 14.7. The van der Waals surface area contributed by atoms with Gasteiger partial charge in [0, 0.05) is 18.1 Å². The van der Waals surface area contributed by atoms with E-state index in [-0.39, 0.29) is 11.3 Å². The summed E-state index contributed by atoms with van der Waals surface area (Å²) in [4.78, 5) is 0. The summed E-state index contributed by atoms with van der Waals surface area (Å²) in [7, 11) is 1.96. The molecule has 0 radical (unpaired) electrons. The number of halogens is 1. The topological polar surface area (TPSA) is 43.8 Å². The maximum absolute atomic E-state index is 6.31. The predicted molar refractivity (Wildman–Crippen MR) is 86.3 cm³/mol. The zero-order valence-electron chi connectivity index (χ0n) is 12.0. The normalized spacial score (nSPS) is 14.2. The lowest BCUT2D eigenvalue weighted by Crippen LogP contribution is -2.25. The highest BCUT2D eigenvalue weighted by Gasteiger charge is 2.21. The Labute approximate surface area is 129 Å². The maximum atomic E-state index is 6.31. The average molecular weight is 310 g/mol. The van der Waals surface area contributed by atoms with Crippen molar-refractivity contribution in [1.29, 1.82) is 0 Å². The van der Waals surface area contributed by atoms with Crippen molar-refractivity contribution in [3.63, 3.8) is 0 Å². The molecule has 3 nitrogen and oxygen atoms in total. The molecule has 0 aliphatic heterocycles. The highest BCUT2D eigenvalue weighted by Crippen LogP contribution is 2.38. The van der Waals surface area contributed by atoms with Gasteiger partial charge in [-0.15, -0.1) is 0 Å². The number of nitrogens with zero attached hydrogens (tertiary/aromatic N) is 2. The second kappa shape index (κ2) is 6.66. The second-order valence-corrected chi connectivity index (χ2v) is 6.51. The van der Waals surface area contributed by atoms with Gasteiger partial charge in [0.15, 0.2) is 0 Å². The molecule has 0 spiro atoms. The third-order valence-electron chi connectivity index (χ3n) is 3.24. The van der Waals surface area contributed by atoms with Crippen molar-refractivity contribution in [2.45, 2.75) is 36.6 Å². The van der Waals surface area contributed by atoms with Gasteiger partial charge < -0.3 is 5.73 Å². The van der Waals surface area contributed by atoms with Crippen LogP contribution in [-0.2, 0) is 7.05 Å². The van der Waals surface area contributed by atoms with Gasteiger partial charge in [0.05, 0.1) is 16.0 Å². The smallest absolute Gasteiger partial charge is 0.0945 e. The molecule has 1 aromatic carbocycles. The minimum absolute atomic E-state index is 0.0775. The van der Waals surface area contributed by atoms with Gasteiger partial charge in [-0.3, -0.25) is 4.68 Å². The van der Waals surface area contributed by atoms with Crippen molar-refractivity contribution >= 4 is 23.4 Å². The lowest BCUT2D eigenvalue weighted by molar-refractivity contribution is 0.628. The lowest BCUT2D eigenvalue weighted by atomic mass is 10.0. The van der Waals surface area contributed by atoms with Crippen LogP contribution in [0.15, 0.2) is 35.4 Å². The fourth-order valence-electron chi connectivity index (χ4n) is 2.13. The summed E-state index contributed by atoms with van der Waals surface area (Å²) < 4.78 is 1.90. The van der Waals surface area contributed by atoms with Gasteiger partial charge in [0.1, 0.15) is 0 Å². The van der Waals surface area contributed by atoms with Gasteiger partial charge in [0.2, 0.25) is 0 Å². The largest absolute Gasteiger partial charge is 0.326 e. The van der Waals surface area contributed by atoms with Crippen molar-refractivity contribution in [1.82, 2.24) is 9.78 Å². The summed E-state index contributed by atoms with van der Waals surface area (Å²) in [5.74, 6) is 0. The summed E-state index contributed by atoms with van der Waals surface area (Å²) in [6, 6.07) is 10.1. The summed E-state index contributed by atoms with van der Waals surface area (Å²) >= 11 is 7.86. The Kier molecular flexibility index (Phi) is 5.13. The Balaban J connectivity index is 2.31. The van der Waals surface area contributed by atoms with E-state index in [4.69, 9.17) is 17.3 Å². The molecule has 2 atom stereocenters. The minimum atomic E-state index is 0.0775. The number of nitrogens with two attached hydrogens (primary N) is 1. The first-order chi connectivity index (χ1) is 9.51. The summed E-state index contributed by atoms with van der Waals surface area (Å²) in [6.45, 7) is 4.11. The van der Waals surface area contributed by atoms with Crippen LogP contribution in [0.25, 0.3) is 0 Å². The highest BCUT2D eigenvalue weighted by atomic mass is 35.5. The first-order valence-electron chi connectivity index (χ1n) is 6.69. The molecular formula is C15H20ClN3S. The molecule has 0 saturated heterocycles. The molecule has 0 aliphatic carbocycles. The molecule has 0 fully saturated rings. The number of hydrogen-bond acceptors (Lipinski definition) is 3. The van der Waals surface area contributed by atoms with Crippen molar-refractivity contribution in [3.05, 3.63) is 46.6 Å². The van der Waals surface area contributed by atoms with E-state index in [9.17, 15) is 0 Å². The van der Waals surface area contributed by atoms with Crippen molar-refractivity contribution < 1.29 is 0 Å². The maximum Gasteiger partial charge on any atom is 0.0945 e. The first kappa shape index (κ1) is 15.4. The molecule has 108 valence electrons. The van der Waals surface area contributed by atoms with Crippen LogP contribution < -0.4 is 5.73 Å². The van der Waals surface area contributed by atoms with Crippen LogP contribution in [0, 0.1) is 6.92 Å². The van der Waals surface area contributed by atoms with E-state index in [1.54, 1.807) is 11.8 Å². The number of aromatic nitrogens is 2. The van der Waals surface area contributed by atoms with Crippen LogP contribution >= 0.6 is 23.4 Å². The molecule has 5 heteroatoms. The molecule has 2 N–H and O–H groups in total. The van der Waals surface area contributed by atoms with Gasteiger partial charge in [-0.2, -0.15) is 5.10 Å². The van der Waals surface area contributed by atoms with E-state index in [0.717, 1.165) is 27.7 Å². The van der Waals surface area contributed by atoms with E-state index < -0.39 is 0 Å². The number of hydrogen-bond donors (Lipinski definition) is 1. The molecule has 20 heavy (non-hydrogen) atoms. The SMILES string of the molecule is CCC(N)C(Sc1cc(C)nn1C)c1cccc(Cl)c1. The van der Waals surface area contributed by atoms with Crippen LogP contribution in [0.2, 0.25) is 5.02 Å². The van der Waals surface area contributed by atoms with Gasteiger partial charge in [-0.1, -0.05) is 42.4 Å². The number of thioether (sulfide) groups is 1. The molecule has 0 bridgehead atoms. The third-order valence-corrected chi connectivity index (χ3v) is 4.98. The number of rotatable bonds is 5. The molecular weight excluding hydrogens is 290 g/mol. The van der Waals surface area contributed by atoms with Crippen LogP contribution in [0.1, 0.15) is 29.9 Å². The van der Waals surface area contributed by atoms with Crippen molar-refractivity contribution in [2.24, 2.45) is 12.8 Å². The predicted octanol–water partition coefficient (Wildman–Crippen LogP) is 3.95. The standard InChI is InChI=1S/C15H20ClN3S/c1-4-13(17)15(11-6-5-7-12(16)9-11)20-14-8-10(2)18-19(14)3/h5-9,13,15H,4,17H2,1-3H3. The number of aryl methyl sites for hydroxylation is 2. The highest BCUT2D eigenvalue weighted by molar-refractivity contribution is 7.99. The second-order valence-electron chi connectivity index (χ2n) is 4.91. The molecule has 0 aliphatic rings. The Morgan fingerprint density at radius 3 is 2.70 bits per heavy atom. The Hall–Kier alpha value is -0.970. The first-order valence-corrected chi connectivity index (χ1v) is 7.95. The average Bonchev–Trinajstić information content (AvgIpc) is 2.73. The van der Waals surface area contributed by atoms with E-state index in [1.165, 1.54) is 0 Å². The third kappa shape index (κ3) is 3.57. The van der Waals surface area contributed by atoms with Crippen LogP contribution in [0.3, 0.4) is 0 Å². The molecule has 2 rings (SSSR count). The summed E-state index contributed by atoms with van der Waals surface area (Å²) in [5, 5.41) is 6.43. The minimum Gasteiger partial charge on any atom is -0.326 e. The molecule has 1 heterocycles. The van der Waals surface area contributed by atoms with Gasteiger partial charge in [-0.25, -0.2) is 0 Å². The van der Waals surface area contributed by atoms with Gasteiger partial charge in [-0.05, 0) is 37.1 Å². The Morgan fingerprint density at radius 2 is 2.15 bits per heavy atom. The Morgan fingerprint density at radius 1 is 1.40 bits per heavy atom. The fraction of sp³-hybridized carbons (Fsp3) is 0.400. The quantitative estimate of drug-likeness (QED) is 0.850. The van der Waals surface area contributed by atoms with Crippen molar-refractivity contribution in [3.8, 4) is 0 Å². The van der Waals surface area contributed by atoms with Gasteiger partial charge in [0.25, 0.3) is 0 Å². The monoisotopic (exact) mass is 309 g/mol. The van der Waals surface area contributed by atoms with Crippen LogP contribution in [0.5, 0.6) is 0 Å². The van der Waals surface area contributed by atoms with Gasteiger partial charge >= 0.3 is 0 Å². The van der Waals surface area contributed by atoms with E-state index in [1.807, 2.05) is 36.9 Å². The fourth-order valence-corrected chi connectivity index (χ4v) is 3.67. The van der Waals surface area contributed by atoms with Crippen LogP contribution in [0.4, 0.5) is 0 Å². The van der Waals surface area contributed by atoms with E-state index >= 15 is 0 Å². The summed E-state index contributed by atoms with van der Waals surface area (Å²) in [5.41, 5.74) is 8.49. The van der Waals surface area contributed by atoms with Crippen LogP contribution in [-0.4, -0.2) is 15.8 Å². The molecule has 0 saturated carbocycles. The molecule has 0 amide bonds. The van der Waals surface area contributed by atoms with Crippen molar-refractivity contribution in [2.75, 3.05) is 0 Å². The number of benzene rings is 1.